The Hall–Kier alpha value is -3.15. The SMILES string of the molecule is CC1=Nc2ccc(C)cc2/C1=C/c1c(N)n2oc(C)cc2nc1=O. The average Bonchev–Trinajstić information content (AvgIpc) is 3.03. The fourth-order valence-corrected chi connectivity index (χ4v) is 2.95. The molecule has 24 heavy (non-hydrogen) atoms. The molecule has 0 unspecified atom stereocenters. The maximum absolute atomic E-state index is 12.4. The quantitative estimate of drug-likeness (QED) is 0.746. The summed E-state index contributed by atoms with van der Waals surface area (Å²) in [6, 6.07) is 7.72. The van der Waals surface area contributed by atoms with Gasteiger partial charge in [-0.15, -0.1) is 4.57 Å². The van der Waals surface area contributed by atoms with Crippen molar-refractivity contribution in [2.75, 3.05) is 5.73 Å². The Labute approximate surface area is 137 Å². The molecule has 6 heteroatoms. The normalized spacial score (nSPS) is 15.1. The summed E-state index contributed by atoms with van der Waals surface area (Å²) in [5, 5.41) is 0. The third-order valence-corrected chi connectivity index (χ3v) is 4.13. The van der Waals surface area contributed by atoms with E-state index in [1.54, 1.807) is 19.1 Å². The van der Waals surface area contributed by atoms with Crippen molar-refractivity contribution >= 4 is 34.5 Å². The molecule has 0 spiro atoms. The number of nitrogen functional groups attached to an aromatic ring is 1. The van der Waals surface area contributed by atoms with E-state index in [2.05, 4.69) is 16.0 Å². The van der Waals surface area contributed by atoms with Crippen LogP contribution in [0.15, 0.2) is 38.6 Å². The predicted octanol–water partition coefficient (Wildman–Crippen LogP) is 3.13. The molecule has 0 saturated heterocycles. The zero-order valence-electron chi connectivity index (χ0n) is 13.6. The van der Waals surface area contributed by atoms with Crippen LogP contribution in [0, 0.1) is 13.8 Å². The summed E-state index contributed by atoms with van der Waals surface area (Å²) in [4.78, 5) is 21.0. The molecular formula is C18H16N4O2. The zero-order valence-corrected chi connectivity index (χ0v) is 13.6. The molecule has 2 N–H and O–H groups in total. The van der Waals surface area contributed by atoms with Crippen LogP contribution >= 0.6 is 0 Å². The minimum Gasteiger partial charge on any atom is -0.382 e. The largest absolute Gasteiger partial charge is 0.382 e. The van der Waals surface area contributed by atoms with Gasteiger partial charge in [0.1, 0.15) is 5.76 Å². The average molecular weight is 320 g/mol. The molecule has 0 atom stereocenters. The molecule has 1 aliphatic rings. The number of benzene rings is 1. The van der Waals surface area contributed by atoms with E-state index in [-0.39, 0.29) is 11.4 Å². The Bertz CT molecular complexity index is 1120. The molecule has 2 aromatic heterocycles. The molecule has 0 fully saturated rings. The monoisotopic (exact) mass is 320 g/mol. The van der Waals surface area contributed by atoms with E-state index in [0.29, 0.717) is 17.0 Å². The highest BCUT2D eigenvalue weighted by molar-refractivity contribution is 6.31. The molecule has 0 radical (unpaired) electrons. The summed E-state index contributed by atoms with van der Waals surface area (Å²) in [5.41, 5.74) is 11.2. The van der Waals surface area contributed by atoms with Crippen molar-refractivity contribution in [3.05, 3.63) is 57.1 Å². The number of hydrogen-bond donors (Lipinski definition) is 1. The van der Waals surface area contributed by atoms with Gasteiger partial charge in [0.05, 0.1) is 11.3 Å². The first-order valence-electron chi connectivity index (χ1n) is 7.61. The Balaban J connectivity index is 1.97. The summed E-state index contributed by atoms with van der Waals surface area (Å²) in [5.74, 6) is 0.873. The van der Waals surface area contributed by atoms with Crippen molar-refractivity contribution < 1.29 is 4.52 Å². The van der Waals surface area contributed by atoms with E-state index in [1.807, 2.05) is 26.0 Å². The summed E-state index contributed by atoms with van der Waals surface area (Å²) >= 11 is 0. The molecule has 0 saturated carbocycles. The van der Waals surface area contributed by atoms with Crippen LogP contribution in [0.1, 0.15) is 29.4 Å². The Morgan fingerprint density at radius 1 is 1.21 bits per heavy atom. The minimum atomic E-state index is -0.380. The first-order valence-corrected chi connectivity index (χ1v) is 7.61. The number of nitrogens with two attached hydrogens (primary N) is 1. The molecule has 120 valence electrons. The molecule has 0 aliphatic carbocycles. The van der Waals surface area contributed by atoms with Gasteiger partial charge in [-0.25, -0.2) is 0 Å². The number of aryl methyl sites for hydroxylation is 2. The standard InChI is InChI=1S/C18H16N4O2/c1-9-4-5-15-13(6-9)12(11(3)20-15)8-14-17(19)22-16(21-18(14)23)7-10(2)24-22/h4-8H,19H2,1-3H3/b12-8+. The Morgan fingerprint density at radius 2 is 2.00 bits per heavy atom. The summed E-state index contributed by atoms with van der Waals surface area (Å²) in [6.45, 7) is 5.72. The highest BCUT2D eigenvalue weighted by Crippen LogP contribution is 2.36. The van der Waals surface area contributed by atoms with Crippen LogP contribution in [0.3, 0.4) is 0 Å². The molecule has 4 rings (SSSR count). The van der Waals surface area contributed by atoms with Gasteiger partial charge >= 0.3 is 0 Å². The van der Waals surface area contributed by atoms with Crippen molar-refractivity contribution in [1.82, 2.24) is 9.56 Å². The van der Waals surface area contributed by atoms with Gasteiger partial charge in [-0.3, -0.25) is 9.79 Å². The maximum atomic E-state index is 12.4. The van der Waals surface area contributed by atoms with Gasteiger partial charge in [0.25, 0.3) is 5.56 Å². The van der Waals surface area contributed by atoms with Crippen LogP contribution in [0.5, 0.6) is 0 Å². The van der Waals surface area contributed by atoms with Crippen molar-refractivity contribution in [1.29, 1.82) is 0 Å². The van der Waals surface area contributed by atoms with Crippen LogP contribution in [0.25, 0.3) is 17.3 Å². The van der Waals surface area contributed by atoms with Crippen LogP contribution in [0.4, 0.5) is 11.5 Å². The van der Waals surface area contributed by atoms with Crippen molar-refractivity contribution in [2.45, 2.75) is 20.8 Å². The second kappa shape index (κ2) is 4.92. The van der Waals surface area contributed by atoms with Gasteiger partial charge in [0.15, 0.2) is 11.5 Å². The Morgan fingerprint density at radius 3 is 2.79 bits per heavy atom. The number of aromatic nitrogens is 2. The van der Waals surface area contributed by atoms with E-state index in [4.69, 9.17) is 10.3 Å². The second-order valence-corrected chi connectivity index (χ2v) is 5.99. The molecule has 1 aliphatic heterocycles. The van der Waals surface area contributed by atoms with Gasteiger partial charge in [-0.1, -0.05) is 11.6 Å². The van der Waals surface area contributed by atoms with E-state index in [0.717, 1.165) is 28.1 Å². The lowest BCUT2D eigenvalue weighted by molar-refractivity contribution is 0.358. The Kier molecular flexibility index (Phi) is 2.96. The molecule has 6 nitrogen and oxygen atoms in total. The summed E-state index contributed by atoms with van der Waals surface area (Å²) < 4.78 is 6.88. The predicted molar refractivity (Wildman–Crippen MR) is 94.7 cm³/mol. The van der Waals surface area contributed by atoms with Crippen molar-refractivity contribution in [3.8, 4) is 0 Å². The van der Waals surface area contributed by atoms with Gasteiger partial charge in [-0.2, -0.15) is 4.98 Å². The fourth-order valence-electron chi connectivity index (χ4n) is 2.95. The first-order chi connectivity index (χ1) is 11.4. The highest BCUT2D eigenvalue weighted by atomic mass is 16.5. The minimum absolute atomic E-state index is 0.236. The molecule has 0 bridgehead atoms. The molecule has 1 aromatic carbocycles. The van der Waals surface area contributed by atoms with E-state index < -0.39 is 0 Å². The number of fused-ring (bicyclic) bond motifs is 2. The van der Waals surface area contributed by atoms with Crippen LogP contribution in [-0.2, 0) is 0 Å². The fraction of sp³-hybridized carbons (Fsp3) is 0.167. The number of hydrogen-bond acceptors (Lipinski definition) is 5. The smallest absolute Gasteiger partial charge is 0.282 e. The number of anilines is 1. The van der Waals surface area contributed by atoms with E-state index in [1.165, 1.54) is 4.57 Å². The maximum Gasteiger partial charge on any atom is 0.282 e. The number of rotatable bonds is 1. The second-order valence-electron chi connectivity index (χ2n) is 5.99. The molecule has 0 amide bonds. The third kappa shape index (κ3) is 2.07. The number of allylic oxidation sites excluding steroid dienone is 1. The molecule has 3 aromatic rings. The van der Waals surface area contributed by atoms with Crippen LogP contribution < -0.4 is 11.3 Å². The van der Waals surface area contributed by atoms with E-state index >= 15 is 0 Å². The molecule has 3 heterocycles. The van der Waals surface area contributed by atoms with Gasteiger partial charge in [-0.05, 0) is 39.0 Å². The van der Waals surface area contributed by atoms with Crippen LogP contribution in [0.2, 0.25) is 0 Å². The first kappa shape index (κ1) is 14.4. The lowest BCUT2D eigenvalue weighted by Gasteiger charge is -2.05. The van der Waals surface area contributed by atoms with Crippen molar-refractivity contribution in [2.24, 2.45) is 4.99 Å². The lowest BCUT2D eigenvalue weighted by atomic mass is 9.99. The number of aliphatic imine (C=N–C) groups is 1. The van der Waals surface area contributed by atoms with Crippen molar-refractivity contribution in [3.63, 3.8) is 0 Å². The van der Waals surface area contributed by atoms with Gasteiger partial charge < -0.3 is 10.3 Å². The zero-order chi connectivity index (χ0) is 17.0. The van der Waals surface area contributed by atoms with E-state index in [9.17, 15) is 4.79 Å². The van der Waals surface area contributed by atoms with Gasteiger partial charge in [0.2, 0.25) is 0 Å². The summed E-state index contributed by atoms with van der Waals surface area (Å²) in [6.07, 6.45) is 1.75. The number of nitrogens with zero attached hydrogens (tertiary/aromatic N) is 3. The third-order valence-electron chi connectivity index (χ3n) is 4.13. The lowest BCUT2D eigenvalue weighted by Crippen LogP contribution is -2.16. The summed E-state index contributed by atoms with van der Waals surface area (Å²) in [7, 11) is 0. The highest BCUT2D eigenvalue weighted by Gasteiger charge is 2.20. The van der Waals surface area contributed by atoms with Crippen LogP contribution in [-0.4, -0.2) is 15.3 Å². The topological polar surface area (TPSA) is 85.9 Å². The van der Waals surface area contributed by atoms with Gasteiger partial charge in [0, 0.05) is 22.9 Å². The molecular weight excluding hydrogens is 304 g/mol.